The topological polar surface area (TPSA) is 32.2 Å². The van der Waals surface area contributed by atoms with Crippen molar-refractivity contribution < 1.29 is 0 Å². The zero-order valence-electron chi connectivity index (χ0n) is 20.8. The summed E-state index contributed by atoms with van der Waals surface area (Å²) in [5.41, 5.74) is 12.3. The molecule has 4 nitrogen and oxygen atoms in total. The molecule has 0 unspecified atom stereocenters. The van der Waals surface area contributed by atoms with Crippen molar-refractivity contribution in [2.24, 2.45) is 0 Å². The third-order valence-electron chi connectivity index (χ3n) is 6.98. The molecule has 2 N–H and O–H groups in total. The highest BCUT2D eigenvalue weighted by Gasteiger charge is 2.14. The predicted octanol–water partition coefficient (Wildman–Crippen LogP) is 8.55. The minimum Gasteiger partial charge on any atom is -0.354 e. The number of allylic oxidation sites excluding steroid dienone is 2. The van der Waals surface area contributed by atoms with Gasteiger partial charge >= 0.3 is 0 Å². The number of hydrogen-bond donors (Lipinski definition) is 2. The normalized spacial score (nSPS) is 12.7. The van der Waals surface area contributed by atoms with Crippen LogP contribution >= 0.6 is 0 Å². The van der Waals surface area contributed by atoms with E-state index in [9.17, 15) is 0 Å². The van der Waals surface area contributed by atoms with Gasteiger partial charge in [0.2, 0.25) is 0 Å². The fraction of sp³-hybridized carbons (Fsp3) is 0. The summed E-state index contributed by atoms with van der Waals surface area (Å²) < 4.78 is 2.36. The van der Waals surface area contributed by atoms with E-state index in [0.29, 0.717) is 0 Å². The SMILES string of the molecule is C1=CNN(c2ccccc2Nc2ccc3c(c2)c2ccccc2n3-c2cccc(-c3ccccc3)c2)C=C1. The van der Waals surface area contributed by atoms with Gasteiger partial charge in [0.15, 0.2) is 0 Å². The molecule has 182 valence electrons. The van der Waals surface area contributed by atoms with Crippen LogP contribution in [0.2, 0.25) is 0 Å². The lowest BCUT2D eigenvalue weighted by Gasteiger charge is -2.25. The zero-order valence-corrected chi connectivity index (χ0v) is 20.8. The number of hydrazine groups is 1. The highest BCUT2D eigenvalue weighted by Crippen LogP contribution is 2.36. The number of aromatic nitrogens is 1. The quantitative estimate of drug-likeness (QED) is 0.254. The summed E-state index contributed by atoms with van der Waals surface area (Å²) in [6.45, 7) is 0. The molecule has 2 heterocycles. The van der Waals surface area contributed by atoms with Gasteiger partial charge in [0.25, 0.3) is 0 Å². The Labute approximate surface area is 221 Å². The van der Waals surface area contributed by atoms with Gasteiger partial charge in [-0.25, -0.2) is 0 Å². The Morgan fingerprint density at radius 1 is 0.579 bits per heavy atom. The molecule has 38 heavy (non-hydrogen) atoms. The number of nitrogens with one attached hydrogen (secondary N) is 2. The van der Waals surface area contributed by atoms with Gasteiger partial charge in [0.05, 0.1) is 22.4 Å². The maximum atomic E-state index is 3.66. The van der Waals surface area contributed by atoms with Crippen molar-refractivity contribution in [3.8, 4) is 16.8 Å². The molecule has 0 bridgehead atoms. The largest absolute Gasteiger partial charge is 0.354 e. The van der Waals surface area contributed by atoms with Crippen molar-refractivity contribution in [3.05, 3.63) is 146 Å². The van der Waals surface area contributed by atoms with Gasteiger partial charge in [-0.2, -0.15) is 0 Å². The molecule has 7 rings (SSSR count). The maximum Gasteiger partial charge on any atom is 0.0858 e. The van der Waals surface area contributed by atoms with Gasteiger partial charge in [-0.1, -0.05) is 72.8 Å². The minimum absolute atomic E-state index is 1.03. The van der Waals surface area contributed by atoms with Crippen LogP contribution in [-0.4, -0.2) is 4.57 Å². The molecular weight excluding hydrogens is 464 g/mol. The van der Waals surface area contributed by atoms with Gasteiger partial charge < -0.3 is 15.3 Å². The second-order valence-electron chi connectivity index (χ2n) is 9.34. The average molecular weight is 491 g/mol. The molecule has 0 fully saturated rings. The number of fused-ring (bicyclic) bond motifs is 3. The molecule has 0 aliphatic carbocycles. The molecule has 1 aliphatic rings. The van der Waals surface area contributed by atoms with E-state index in [4.69, 9.17) is 0 Å². The molecule has 0 atom stereocenters. The van der Waals surface area contributed by atoms with Crippen LogP contribution in [0.3, 0.4) is 0 Å². The summed E-state index contributed by atoms with van der Waals surface area (Å²) in [7, 11) is 0. The predicted molar refractivity (Wildman–Crippen MR) is 160 cm³/mol. The van der Waals surface area contributed by atoms with Gasteiger partial charge in [-0.3, -0.25) is 5.01 Å². The Bertz CT molecular complexity index is 1830. The molecular formula is C34H26N4. The fourth-order valence-corrected chi connectivity index (χ4v) is 5.24. The molecule has 0 saturated carbocycles. The van der Waals surface area contributed by atoms with Crippen molar-refractivity contribution in [2.75, 3.05) is 10.3 Å². The molecule has 6 aromatic rings. The Balaban J connectivity index is 1.33. The standard InChI is InChI=1S/C34H26N4/c1-2-11-25(12-3-1)26-13-10-14-28(23-26)38-32-17-6-4-15-29(32)30-24-27(19-20-33(30)38)36-31-16-5-7-18-34(31)37-22-9-8-21-35-37/h1-24,35-36H. The van der Waals surface area contributed by atoms with E-state index in [1.165, 1.54) is 32.9 Å². The molecule has 0 radical (unpaired) electrons. The highest BCUT2D eigenvalue weighted by molar-refractivity contribution is 6.10. The number of para-hydroxylation sites is 3. The van der Waals surface area contributed by atoms with E-state index < -0.39 is 0 Å². The zero-order chi connectivity index (χ0) is 25.3. The summed E-state index contributed by atoms with van der Waals surface area (Å²) >= 11 is 0. The van der Waals surface area contributed by atoms with Gasteiger partial charge in [-0.05, 0) is 71.8 Å². The monoisotopic (exact) mass is 490 g/mol. The number of hydrogen-bond acceptors (Lipinski definition) is 3. The fourth-order valence-electron chi connectivity index (χ4n) is 5.24. The lowest BCUT2D eigenvalue weighted by atomic mass is 10.1. The summed E-state index contributed by atoms with van der Waals surface area (Å²) in [4.78, 5) is 0. The highest BCUT2D eigenvalue weighted by atomic mass is 15.5. The molecule has 0 saturated heterocycles. The van der Waals surface area contributed by atoms with Crippen molar-refractivity contribution in [1.82, 2.24) is 9.99 Å². The van der Waals surface area contributed by atoms with E-state index in [1.54, 1.807) is 0 Å². The first-order chi connectivity index (χ1) is 18.8. The van der Waals surface area contributed by atoms with Crippen molar-refractivity contribution in [1.29, 1.82) is 0 Å². The third-order valence-corrected chi connectivity index (χ3v) is 6.98. The lowest BCUT2D eigenvalue weighted by Crippen LogP contribution is -2.30. The number of benzene rings is 5. The van der Waals surface area contributed by atoms with Crippen LogP contribution in [0, 0.1) is 0 Å². The van der Waals surface area contributed by atoms with Gasteiger partial charge in [0, 0.05) is 34.5 Å². The summed E-state index contributed by atoms with van der Waals surface area (Å²) in [6, 6.07) is 42.9. The lowest BCUT2D eigenvalue weighted by molar-refractivity contribution is 0.869. The first kappa shape index (κ1) is 22.0. The Morgan fingerprint density at radius 3 is 2.26 bits per heavy atom. The first-order valence-corrected chi connectivity index (χ1v) is 12.8. The van der Waals surface area contributed by atoms with Crippen LogP contribution in [0.15, 0.2) is 146 Å². The number of nitrogens with zero attached hydrogens (tertiary/aromatic N) is 2. The van der Waals surface area contributed by atoms with Crippen LogP contribution in [-0.2, 0) is 0 Å². The minimum atomic E-state index is 1.03. The Hall–Kier alpha value is -5.22. The maximum absolute atomic E-state index is 3.66. The van der Waals surface area contributed by atoms with Crippen LogP contribution < -0.4 is 15.8 Å². The van der Waals surface area contributed by atoms with Crippen LogP contribution in [0.1, 0.15) is 0 Å². The Kier molecular flexibility index (Phi) is 5.41. The van der Waals surface area contributed by atoms with Crippen LogP contribution in [0.25, 0.3) is 38.6 Å². The van der Waals surface area contributed by atoms with E-state index in [0.717, 1.165) is 22.7 Å². The first-order valence-electron chi connectivity index (χ1n) is 12.8. The van der Waals surface area contributed by atoms with Crippen molar-refractivity contribution in [3.63, 3.8) is 0 Å². The van der Waals surface area contributed by atoms with Gasteiger partial charge in [0.1, 0.15) is 0 Å². The average Bonchev–Trinajstić information content (AvgIpc) is 3.32. The second kappa shape index (κ2) is 9.34. The summed E-state index contributed by atoms with van der Waals surface area (Å²) in [6.07, 6.45) is 7.93. The number of rotatable bonds is 5. The number of anilines is 3. The molecule has 5 aromatic carbocycles. The summed E-state index contributed by atoms with van der Waals surface area (Å²) in [5.74, 6) is 0. The van der Waals surface area contributed by atoms with E-state index in [-0.39, 0.29) is 0 Å². The van der Waals surface area contributed by atoms with E-state index >= 15 is 0 Å². The van der Waals surface area contributed by atoms with Gasteiger partial charge in [-0.15, -0.1) is 0 Å². The molecule has 1 aromatic heterocycles. The second-order valence-corrected chi connectivity index (χ2v) is 9.34. The van der Waals surface area contributed by atoms with Crippen LogP contribution in [0.4, 0.5) is 17.1 Å². The molecule has 4 heteroatoms. The summed E-state index contributed by atoms with van der Waals surface area (Å²) in [5, 5.41) is 8.11. The van der Waals surface area contributed by atoms with E-state index in [1.807, 2.05) is 29.6 Å². The van der Waals surface area contributed by atoms with E-state index in [2.05, 4.69) is 137 Å². The molecule has 0 amide bonds. The van der Waals surface area contributed by atoms with Crippen LogP contribution in [0.5, 0.6) is 0 Å². The third kappa shape index (κ3) is 3.89. The molecule has 0 spiro atoms. The van der Waals surface area contributed by atoms with Crippen molar-refractivity contribution in [2.45, 2.75) is 0 Å². The Morgan fingerprint density at radius 2 is 1.37 bits per heavy atom. The smallest absolute Gasteiger partial charge is 0.0858 e. The van der Waals surface area contributed by atoms with Crippen molar-refractivity contribution >= 4 is 38.9 Å². The molecule has 1 aliphatic heterocycles.